The molecule has 0 saturated heterocycles. The molecule has 0 spiro atoms. The molecule has 0 aliphatic heterocycles. The summed E-state index contributed by atoms with van der Waals surface area (Å²) in [6.07, 6.45) is 2.19. The fourth-order valence-electron chi connectivity index (χ4n) is 2.51. The quantitative estimate of drug-likeness (QED) is 0.585. The number of benzene rings is 1. The molecule has 2 heterocycles. The van der Waals surface area contributed by atoms with Crippen molar-refractivity contribution in [3.05, 3.63) is 69.3 Å². The van der Waals surface area contributed by atoms with Gasteiger partial charge in [-0.1, -0.05) is 12.1 Å². The first-order valence-corrected chi connectivity index (χ1v) is 8.24. The molecule has 0 radical (unpaired) electrons. The van der Waals surface area contributed by atoms with Crippen LogP contribution in [0.15, 0.2) is 56.7 Å². The summed E-state index contributed by atoms with van der Waals surface area (Å²) in [6, 6.07) is 10.3. The second-order valence-electron chi connectivity index (χ2n) is 5.70. The smallest absolute Gasteiger partial charge is 0.329 e. The van der Waals surface area contributed by atoms with E-state index in [4.69, 9.17) is 9.15 Å². The SMILES string of the molecule is O=C(Cn1c(=O)[nH]c2ccccc2c1=O)NCCCOCc1ccco1. The van der Waals surface area contributed by atoms with Gasteiger partial charge in [0, 0.05) is 13.2 Å². The van der Waals surface area contributed by atoms with E-state index >= 15 is 0 Å². The van der Waals surface area contributed by atoms with Crippen LogP contribution < -0.4 is 16.6 Å². The van der Waals surface area contributed by atoms with Crippen LogP contribution in [0.25, 0.3) is 10.9 Å². The number of para-hydroxylation sites is 1. The van der Waals surface area contributed by atoms with E-state index in [1.165, 1.54) is 0 Å². The molecule has 2 N–H and O–H groups in total. The van der Waals surface area contributed by atoms with Crippen LogP contribution >= 0.6 is 0 Å². The third-order valence-corrected chi connectivity index (χ3v) is 3.80. The van der Waals surface area contributed by atoms with Gasteiger partial charge in [0.15, 0.2) is 0 Å². The second-order valence-corrected chi connectivity index (χ2v) is 5.70. The van der Waals surface area contributed by atoms with E-state index in [0.717, 1.165) is 10.3 Å². The minimum atomic E-state index is -0.606. The number of amides is 1. The van der Waals surface area contributed by atoms with Crippen LogP contribution in [-0.2, 0) is 22.7 Å². The lowest BCUT2D eigenvalue weighted by atomic mass is 10.2. The highest BCUT2D eigenvalue weighted by Gasteiger charge is 2.10. The zero-order chi connectivity index (χ0) is 18.4. The molecule has 1 amide bonds. The Hall–Kier alpha value is -3.13. The zero-order valence-corrected chi connectivity index (χ0v) is 14.1. The molecule has 0 aliphatic carbocycles. The Balaban J connectivity index is 1.48. The number of fused-ring (bicyclic) bond motifs is 1. The summed E-state index contributed by atoms with van der Waals surface area (Å²) in [5.41, 5.74) is -0.639. The Morgan fingerprint density at radius 3 is 2.85 bits per heavy atom. The standard InChI is InChI=1S/C18H19N3O5/c22-16(19-8-4-9-25-12-13-5-3-10-26-13)11-21-17(23)14-6-1-2-7-15(14)20-18(21)24/h1-3,5-7,10H,4,8-9,11-12H2,(H,19,22)(H,20,24). The van der Waals surface area contributed by atoms with E-state index in [1.807, 2.05) is 6.07 Å². The topological polar surface area (TPSA) is 106 Å². The molecule has 0 aliphatic rings. The minimum Gasteiger partial charge on any atom is -0.467 e. The number of nitrogens with one attached hydrogen (secondary N) is 2. The van der Waals surface area contributed by atoms with Gasteiger partial charge in [0.05, 0.1) is 17.2 Å². The monoisotopic (exact) mass is 357 g/mol. The highest BCUT2D eigenvalue weighted by Crippen LogP contribution is 2.03. The Labute approximate surface area is 148 Å². The first-order chi connectivity index (χ1) is 12.6. The average Bonchev–Trinajstić information content (AvgIpc) is 3.15. The lowest BCUT2D eigenvalue weighted by Crippen LogP contribution is -2.40. The van der Waals surface area contributed by atoms with Crippen molar-refractivity contribution in [3.8, 4) is 0 Å². The van der Waals surface area contributed by atoms with Crippen LogP contribution in [-0.4, -0.2) is 28.6 Å². The molecule has 8 heteroatoms. The Morgan fingerprint density at radius 2 is 2.04 bits per heavy atom. The molecule has 26 heavy (non-hydrogen) atoms. The number of rotatable bonds is 8. The number of furan rings is 1. The molecule has 1 aromatic carbocycles. The molecular weight excluding hydrogens is 338 g/mol. The van der Waals surface area contributed by atoms with Gasteiger partial charge >= 0.3 is 5.69 Å². The van der Waals surface area contributed by atoms with Crippen LogP contribution in [0.2, 0.25) is 0 Å². The summed E-state index contributed by atoms with van der Waals surface area (Å²) < 4.78 is 11.4. The molecule has 0 unspecified atom stereocenters. The Bertz CT molecular complexity index is 988. The lowest BCUT2D eigenvalue weighted by Gasteiger charge is -2.08. The van der Waals surface area contributed by atoms with E-state index in [1.54, 1.807) is 36.6 Å². The fraction of sp³-hybridized carbons (Fsp3) is 0.278. The van der Waals surface area contributed by atoms with Gasteiger partial charge in [-0.15, -0.1) is 0 Å². The Morgan fingerprint density at radius 1 is 1.19 bits per heavy atom. The van der Waals surface area contributed by atoms with E-state index in [2.05, 4.69) is 10.3 Å². The number of carbonyl (C=O) groups is 1. The van der Waals surface area contributed by atoms with Crippen molar-refractivity contribution in [3.63, 3.8) is 0 Å². The van der Waals surface area contributed by atoms with Crippen LogP contribution in [0.1, 0.15) is 12.2 Å². The van der Waals surface area contributed by atoms with Crippen molar-refractivity contribution in [1.29, 1.82) is 0 Å². The number of carbonyl (C=O) groups excluding carboxylic acids is 1. The van der Waals surface area contributed by atoms with Gasteiger partial charge in [-0.3, -0.25) is 14.2 Å². The molecule has 136 valence electrons. The number of hydrogen-bond donors (Lipinski definition) is 2. The molecule has 3 aromatic rings. The van der Waals surface area contributed by atoms with Crippen molar-refractivity contribution in [2.45, 2.75) is 19.6 Å². The summed E-state index contributed by atoms with van der Waals surface area (Å²) in [5.74, 6) is 0.336. The van der Waals surface area contributed by atoms with Gasteiger partial charge in [0.25, 0.3) is 5.56 Å². The highest BCUT2D eigenvalue weighted by atomic mass is 16.5. The van der Waals surface area contributed by atoms with Gasteiger partial charge < -0.3 is 19.5 Å². The van der Waals surface area contributed by atoms with E-state index < -0.39 is 17.2 Å². The van der Waals surface area contributed by atoms with Crippen LogP contribution in [0.4, 0.5) is 0 Å². The predicted molar refractivity (Wildman–Crippen MR) is 94.8 cm³/mol. The fourth-order valence-corrected chi connectivity index (χ4v) is 2.51. The van der Waals surface area contributed by atoms with E-state index in [-0.39, 0.29) is 6.54 Å². The average molecular weight is 357 g/mol. The molecule has 0 bridgehead atoms. The van der Waals surface area contributed by atoms with Gasteiger partial charge in [0.1, 0.15) is 18.9 Å². The second kappa shape index (κ2) is 8.30. The summed E-state index contributed by atoms with van der Waals surface area (Å²) in [4.78, 5) is 39.0. The van der Waals surface area contributed by atoms with Crippen LogP contribution in [0.5, 0.6) is 0 Å². The molecule has 8 nitrogen and oxygen atoms in total. The molecule has 0 fully saturated rings. The minimum absolute atomic E-state index is 0.327. The maximum absolute atomic E-state index is 12.3. The highest BCUT2D eigenvalue weighted by molar-refractivity contribution is 5.78. The first-order valence-electron chi connectivity index (χ1n) is 8.24. The lowest BCUT2D eigenvalue weighted by molar-refractivity contribution is -0.121. The molecule has 0 atom stereocenters. The molecule has 3 rings (SSSR count). The number of H-pyrrole nitrogens is 1. The van der Waals surface area contributed by atoms with E-state index in [9.17, 15) is 14.4 Å². The van der Waals surface area contributed by atoms with Gasteiger partial charge in [-0.05, 0) is 30.7 Å². The normalized spacial score (nSPS) is 10.9. The largest absolute Gasteiger partial charge is 0.467 e. The summed E-state index contributed by atoms with van der Waals surface area (Å²) in [7, 11) is 0. The molecule has 0 saturated carbocycles. The van der Waals surface area contributed by atoms with Gasteiger partial charge in [-0.2, -0.15) is 0 Å². The van der Waals surface area contributed by atoms with Crippen molar-refractivity contribution in [2.75, 3.05) is 13.2 Å². The maximum Gasteiger partial charge on any atom is 0.329 e. The van der Waals surface area contributed by atoms with Crippen LogP contribution in [0.3, 0.4) is 0 Å². The van der Waals surface area contributed by atoms with Crippen molar-refractivity contribution >= 4 is 16.8 Å². The summed E-state index contributed by atoms with van der Waals surface area (Å²) >= 11 is 0. The third kappa shape index (κ3) is 4.28. The van der Waals surface area contributed by atoms with Crippen molar-refractivity contribution < 1.29 is 13.9 Å². The molecule has 2 aromatic heterocycles. The molecular formula is C18H19N3O5. The first kappa shape index (κ1) is 17.7. The van der Waals surface area contributed by atoms with Crippen molar-refractivity contribution in [2.24, 2.45) is 0 Å². The predicted octanol–water partition coefficient (Wildman–Crippen LogP) is 1.01. The van der Waals surface area contributed by atoms with Crippen molar-refractivity contribution in [1.82, 2.24) is 14.9 Å². The number of hydrogen-bond acceptors (Lipinski definition) is 5. The summed E-state index contributed by atoms with van der Waals surface area (Å²) in [6.45, 7) is 0.893. The number of ether oxygens (including phenoxy) is 1. The third-order valence-electron chi connectivity index (χ3n) is 3.80. The number of aromatic amines is 1. The van der Waals surface area contributed by atoms with E-state index in [0.29, 0.717) is 37.1 Å². The Kier molecular flexibility index (Phi) is 5.65. The van der Waals surface area contributed by atoms with Crippen LogP contribution in [0, 0.1) is 0 Å². The number of nitrogens with zero attached hydrogens (tertiary/aromatic N) is 1. The van der Waals surface area contributed by atoms with Gasteiger partial charge in [0.2, 0.25) is 5.91 Å². The summed E-state index contributed by atoms with van der Waals surface area (Å²) in [5, 5.41) is 3.04. The van der Waals surface area contributed by atoms with Gasteiger partial charge in [-0.25, -0.2) is 4.79 Å². The number of aromatic nitrogens is 2. The maximum atomic E-state index is 12.3. The zero-order valence-electron chi connectivity index (χ0n) is 14.1.